The molecule has 0 radical (unpaired) electrons. The van der Waals surface area contributed by atoms with Crippen molar-refractivity contribution in [3.05, 3.63) is 23.8 Å². The van der Waals surface area contributed by atoms with Gasteiger partial charge < -0.3 is 19.5 Å². The Morgan fingerprint density at radius 2 is 2.14 bits per heavy atom. The molecule has 21 heavy (non-hydrogen) atoms. The topological polar surface area (TPSA) is 62.2 Å². The molecule has 0 bridgehead atoms. The molecule has 116 valence electrons. The lowest BCUT2D eigenvalue weighted by atomic mass is 9.78. The van der Waals surface area contributed by atoms with Gasteiger partial charge in [-0.2, -0.15) is 0 Å². The van der Waals surface area contributed by atoms with Crippen molar-refractivity contribution in [3.8, 4) is 5.75 Å². The Morgan fingerprint density at radius 1 is 1.33 bits per heavy atom. The number of nitrogens with zero attached hydrogens (tertiary/aromatic N) is 1. The summed E-state index contributed by atoms with van der Waals surface area (Å²) in [5.41, 5.74) is 1.48. The van der Waals surface area contributed by atoms with Gasteiger partial charge >= 0.3 is 7.12 Å². The van der Waals surface area contributed by atoms with Crippen LogP contribution in [0.5, 0.6) is 5.75 Å². The first-order valence-corrected chi connectivity index (χ1v) is 7.38. The molecule has 0 aliphatic carbocycles. The molecule has 1 aliphatic rings. The summed E-state index contributed by atoms with van der Waals surface area (Å²) in [6.07, 6.45) is 2.40. The number of ether oxygens (including phenoxy) is 2. The molecule has 1 atom stereocenters. The average Bonchev–Trinajstić information content (AvgIpc) is 2.48. The van der Waals surface area contributed by atoms with Gasteiger partial charge in [0.2, 0.25) is 0 Å². The lowest BCUT2D eigenvalue weighted by molar-refractivity contribution is 0.0874. The smallest absolute Gasteiger partial charge is 0.492 e. The first-order valence-electron chi connectivity index (χ1n) is 7.38. The number of rotatable bonds is 6. The number of piperidine rings is 1. The van der Waals surface area contributed by atoms with E-state index in [1.54, 1.807) is 13.2 Å². The van der Waals surface area contributed by atoms with Gasteiger partial charge in [-0.05, 0) is 36.9 Å². The second-order valence-electron chi connectivity index (χ2n) is 5.65. The highest BCUT2D eigenvalue weighted by atomic mass is 16.5. The third kappa shape index (κ3) is 4.44. The first-order chi connectivity index (χ1) is 10.1. The maximum atomic E-state index is 9.42. The minimum absolute atomic E-state index is 0.417. The van der Waals surface area contributed by atoms with Crippen molar-refractivity contribution in [3.63, 3.8) is 0 Å². The van der Waals surface area contributed by atoms with Crippen LogP contribution in [0.25, 0.3) is 0 Å². The van der Waals surface area contributed by atoms with Gasteiger partial charge in [-0.15, -0.1) is 0 Å². The zero-order valence-electron chi connectivity index (χ0n) is 12.8. The van der Waals surface area contributed by atoms with Gasteiger partial charge in [-0.25, -0.2) is 0 Å². The summed E-state index contributed by atoms with van der Waals surface area (Å²) in [7, 11) is 1.76. The molecule has 6 heteroatoms. The van der Waals surface area contributed by atoms with Crippen molar-refractivity contribution in [1.82, 2.24) is 4.90 Å². The highest BCUT2D eigenvalue weighted by molar-refractivity contribution is 6.59. The quantitative estimate of drug-likeness (QED) is 0.735. The van der Waals surface area contributed by atoms with E-state index in [0.717, 1.165) is 31.8 Å². The molecule has 0 amide bonds. The number of hydrogen-bond donors (Lipinski definition) is 2. The molecule has 2 rings (SSSR count). The van der Waals surface area contributed by atoms with E-state index in [0.29, 0.717) is 17.1 Å². The highest BCUT2D eigenvalue weighted by Gasteiger charge is 2.21. The van der Waals surface area contributed by atoms with Crippen molar-refractivity contribution in [1.29, 1.82) is 0 Å². The van der Waals surface area contributed by atoms with Gasteiger partial charge in [0, 0.05) is 25.7 Å². The summed E-state index contributed by atoms with van der Waals surface area (Å²) in [5, 5.41) is 18.8. The van der Waals surface area contributed by atoms with Crippen LogP contribution in [0.1, 0.15) is 18.4 Å². The van der Waals surface area contributed by atoms with Crippen molar-refractivity contribution in [2.75, 3.05) is 33.9 Å². The SMILES string of the molecule is COCC1CCCN(Cc2ccc(OC)c(B(O)O)c2)C1. The molecule has 0 spiro atoms. The Kier molecular flexibility index (Phi) is 6.05. The minimum atomic E-state index is -1.51. The zero-order valence-corrected chi connectivity index (χ0v) is 12.8. The molecule has 0 aromatic heterocycles. The molecular weight excluding hydrogens is 269 g/mol. The fraction of sp³-hybridized carbons (Fsp3) is 0.600. The molecule has 0 saturated carbocycles. The molecule has 2 N–H and O–H groups in total. The molecule has 1 fully saturated rings. The molecule has 1 unspecified atom stereocenters. The van der Waals surface area contributed by atoms with Crippen molar-refractivity contribution in [2.24, 2.45) is 5.92 Å². The van der Waals surface area contributed by atoms with Crippen LogP contribution in [-0.4, -0.2) is 56.0 Å². The summed E-state index contributed by atoms with van der Waals surface area (Å²) >= 11 is 0. The number of methoxy groups -OCH3 is 2. The summed E-state index contributed by atoms with van der Waals surface area (Å²) in [5.74, 6) is 1.09. The lowest BCUT2D eigenvalue weighted by Crippen LogP contribution is -2.37. The molecule has 1 aromatic carbocycles. The van der Waals surface area contributed by atoms with Crippen molar-refractivity contribution in [2.45, 2.75) is 19.4 Å². The highest BCUT2D eigenvalue weighted by Crippen LogP contribution is 2.19. The largest absolute Gasteiger partial charge is 0.497 e. The first kappa shape index (κ1) is 16.3. The van der Waals surface area contributed by atoms with E-state index in [2.05, 4.69) is 4.90 Å². The van der Waals surface area contributed by atoms with Crippen LogP contribution in [0.4, 0.5) is 0 Å². The maximum absolute atomic E-state index is 9.42. The second kappa shape index (κ2) is 7.80. The summed E-state index contributed by atoms with van der Waals surface area (Å²) in [6.45, 7) is 3.71. The average molecular weight is 293 g/mol. The zero-order chi connectivity index (χ0) is 15.2. The van der Waals surface area contributed by atoms with Gasteiger partial charge in [0.25, 0.3) is 0 Å². The Labute approximate surface area is 126 Å². The standard InChI is InChI=1S/C15H24BNO4/c1-20-11-13-4-3-7-17(10-13)9-12-5-6-15(21-2)14(8-12)16(18)19/h5-6,8,13,18-19H,3-4,7,9-11H2,1-2H3. The maximum Gasteiger partial charge on any atom is 0.492 e. The van der Waals surface area contributed by atoms with Crippen LogP contribution in [-0.2, 0) is 11.3 Å². The number of hydrogen-bond acceptors (Lipinski definition) is 5. The molecule has 1 aliphatic heterocycles. The van der Waals surface area contributed by atoms with E-state index < -0.39 is 7.12 Å². The van der Waals surface area contributed by atoms with Crippen LogP contribution in [0.3, 0.4) is 0 Å². The third-order valence-electron chi connectivity index (χ3n) is 3.98. The van der Waals surface area contributed by atoms with E-state index in [4.69, 9.17) is 9.47 Å². The predicted octanol–water partition coefficient (Wildman–Crippen LogP) is 0.233. The van der Waals surface area contributed by atoms with Gasteiger partial charge in [0.05, 0.1) is 13.7 Å². The summed E-state index contributed by atoms with van der Waals surface area (Å²) < 4.78 is 10.4. The molecular formula is C15H24BNO4. The van der Waals surface area contributed by atoms with Gasteiger partial charge in [-0.1, -0.05) is 12.1 Å². The fourth-order valence-electron chi connectivity index (χ4n) is 3.01. The van der Waals surface area contributed by atoms with E-state index in [9.17, 15) is 10.0 Å². The third-order valence-corrected chi connectivity index (χ3v) is 3.98. The summed E-state index contributed by atoms with van der Waals surface area (Å²) in [4.78, 5) is 2.39. The predicted molar refractivity (Wildman–Crippen MR) is 82.7 cm³/mol. The number of likely N-dealkylation sites (tertiary alicyclic amines) is 1. The van der Waals surface area contributed by atoms with Gasteiger partial charge in [0.1, 0.15) is 5.75 Å². The molecule has 1 saturated heterocycles. The number of benzene rings is 1. The Hall–Kier alpha value is -1.08. The van der Waals surface area contributed by atoms with E-state index >= 15 is 0 Å². The van der Waals surface area contributed by atoms with Gasteiger partial charge in [0.15, 0.2) is 0 Å². The Bertz CT molecular complexity index is 453. The lowest BCUT2D eigenvalue weighted by Gasteiger charge is -2.32. The van der Waals surface area contributed by atoms with Crippen LogP contribution in [0.15, 0.2) is 18.2 Å². The van der Waals surface area contributed by atoms with Crippen LogP contribution in [0, 0.1) is 5.92 Å². The van der Waals surface area contributed by atoms with Crippen molar-refractivity contribution < 1.29 is 19.5 Å². The molecule has 1 aromatic rings. The van der Waals surface area contributed by atoms with Crippen LogP contribution < -0.4 is 10.2 Å². The van der Waals surface area contributed by atoms with Crippen molar-refractivity contribution >= 4 is 12.6 Å². The Morgan fingerprint density at radius 3 is 2.81 bits per heavy atom. The van der Waals surface area contributed by atoms with E-state index in [-0.39, 0.29) is 0 Å². The normalized spacial score (nSPS) is 19.5. The second-order valence-corrected chi connectivity index (χ2v) is 5.65. The summed E-state index contributed by atoms with van der Waals surface area (Å²) in [6, 6.07) is 5.58. The molecule has 5 nitrogen and oxygen atoms in total. The van der Waals surface area contributed by atoms with E-state index in [1.165, 1.54) is 20.0 Å². The fourth-order valence-corrected chi connectivity index (χ4v) is 3.01. The van der Waals surface area contributed by atoms with Gasteiger partial charge in [-0.3, -0.25) is 4.90 Å². The van der Waals surface area contributed by atoms with Crippen LogP contribution in [0.2, 0.25) is 0 Å². The Balaban J connectivity index is 2.03. The minimum Gasteiger partial charge on any atom is -0.497 e. The van der Waals surface area contributed by atoms with Crippen LogP contribution >= 0.6 is 0 Å². The van der Waals surface area contributed by atoms with E-state index in [1.807, 2.05) is 12.1 Å². The molecule has 1 heterocycles. The monoisotopic (exact) mass is 293 g/mol.